The first-order valence-corrected chi connectivity index (χ1v) is 12.5. The minimum absolute atomic E-state index is 0.155. The van der Waals surface area contributed by atoms with Crippen LogP contribution in [0.3, 0.4) is 0 Å². The summed E-state index contributed by atoms with van der Waals surface area (Å²) in [5.74, 6) is 0. The fraction of sp³-hybridized carbons (Fsp3) is 0.250. The fourth-order valence-electron chi connectivity index (χ4n) is 1.89. The molecule has 0 fully saturated rings. The molecule has 6 nitrogen and oxygen atoms in total. The standard InChI is InChI=1S/C16H20N2O4S4/c1-13-5-9-15(10-6-13)25(19,20)17(3)23-24-18(4)26(21,22)16-11-7-14(2)8-12-16/h5-12H,1-4H3. The van der Waals surface area contributed by atoms with Gasteiger partial charge in [-0.05, 0) is 38.1 Å². The second-order valence-corrected chi connectivity index (χ2v) is 12.3. The minimum Gasteiger partial charge on any atom is -0.206 e. The highest BCUT2D eigenvalue weighted by Gasteiger charge is 2.26. The molecule has 0 amide bonds. The number of rotatable bonds is 7. The van der Waals surface area contributed by atoms with Crippen molar-refractivity contribution in [2.24, 2.45) is 0 Å². The lowest BCUT2D eigenvalue weighted by Crippen LogP contribution is -2.23. The predicted octanol–water partition coefficient (Wildman–Crippen LogP) is 3.46. The van der Waals surface area contributed by atoms with Crippen LogP contribution in [0.2, 0.25) is 0 Å². The molecule has 0 heterocycles. The molecule has 0 atom stereocenters. The van der Waals surface area contributed by atoms with Gasteiger partial charge >= 0.3 is 0 Å². The summed E-state index contributed by atoms with van der Waals surface area (Å²) in [6.07, 6.45) is 0. The minimum atomic E-state index is -3.71. The van der Waals surface area contributed by atoms with E-state index in [0.717, 1.165) is 40.5 Å². The van der Waals surface area contributed by atoms with Crippen LogP contribution in [-0.4, -0.2) is 38.4 Å². The van der Waals surface area contributed by atoms with Gasteiger partial charge in [0.05, 0.1) is 9.79 Å². The zero-order valence-electron chi connectivity index (χ0n) is 14.8. The third kappa shape index (κ3) is 4.81. The second-order valence-electron chi connectivity index (χ2n) is 5.60. The van der Waals surface area contributed by atoms with Crippen LogP contribution in [-0.2, 0) is 20.0 Å². The molecule has 0 aliphatic heterocycles. The van der Waals surface area contributed by atoms with Crippen LogP contribution in [0, 0.1) is 13.8 Å². The smallest absolute Gasteiger partial charge is 0.206 e. The van der Waals surface area contributed by atoms with Crippen molar-refractivity contribution in [2.45, 2.75) is 23.6 Å². The first-order chi connectivity index (χ1) is 12.0. The lowest BCUT2D eigenvalue weighted by Gasteiger charge is -2.19. The van der Waals surface area contributed by atoms with Crippen molar-refractivity contribution in [3.8, 4) is 0 Å². The average Bonchev–Trinajstić information content (AvgIpc) is 2.60. The van der Waals surface area contributed by atoms with Crippen LogP contribution in [0.15, 0.2) is 58.3 Å². The normalized spacial score (nSPS) is 12.7. The van der Waals surface area contributed by atoms with E-state index in [4.69, 9.17) is 0 Å². The van der Waals surface area contributed by atoms with E-state index in [9.17, 15) is 16.8 Å². The van der Waals surface area contributed by atoms with Gasteiger partial charge in [-0.2, -0.15) is 0 Å². The van der Waals surface area contributed by atoms with Gasteiger partial charge in [0, 0.05) is 36.1 Å². The zero-order chi connectivity index (χ0) is 19.5. The third-order valence-corrected chi connectivity index (χ3v) is 10.9. The maximum atomic E-state index is 12.5. The molecule has 0 N–H and O–H groups in total. The fourth-order valence-corrected chi connectivity index (χ4v) is 7.29. The number of hydrogen-bond acceptors (Lipinski definition) is 6. The zero-order valence-corrected chi connectivity index (χ0v) is 18.0. The third-order valence-electron chi connectivity index (χ3n) is 3.56. The SMILES string of the molecule is Cc1ccc(S(=O)(=O)N(C)SSN(C)S(=O)(=O)c2ccc(C)cc2)cc1. The van der Waals surface area contributed by atoms with Crippen molar-refractivity contribution in [3.05, 3.63) is 59.7 Å². The molecule has 0 saturated carbocycles. The van der Waals surface area contributed by atoms with Gasteiger partial charge in [-0.3, -0.25) is 0 Å². The molecular weight excluding hydrogens is 412 g/mol. The summed E-state index contributed by atoms with van der Waals surface area (Å²) < 4.78 is 52.2. The Morgan fingerprint density at radius 1 is 0.615 bits per heavy atom. The van der Waals surface area contributed by atoms with E-state index in [1.54, 1.807) is 24.3 Å². The molecule has 0 aromatic heterocycles. The number of nitrogens with zero attached hydrogens (tertiary/aromatic N) is 2. The number of hydrogen-bond donors (Lipinski definition) is 0. The number of benzene rings is 2. The highest BCUT2D eigenvalue weighted by atomic mass is 33.1. The van der Waals surface area contributed by atoms with Gasteiger partial charge in [-0.15, -0.1) is 7.42 Å². The molecule has 26 heavy (non-hydrogen) atoms. The Morgan fingerprint density at radius 2 is 0.885 bits per heavy atom. The Morgan fingerprint density at radius 3 is 1.15 bits per heavy atom. The van der Waals surface area contributed by atoms with E-state index in [1.807, 2.05) is 13.8 Å². The molecule has 2 aromatic rings. The van der Waals surface area contributed by atoms with Crippen LogP contribution >= 0.6 is 22.0 Å². The maximum absolute atomic E-state index is 12.5. The second kappa shape index (κ2) is 8.32. The largest absolute Gasteiger partial charge is 0.252 e. The summed E-state index contributed by atoms with van der Waals surface area (Å²) in [5, 5.41) is 0. The van der Waals surface area contributed by atoms with Crippen molar-refractivity contribution < 1.29 is 16.8 Å². The maximum Gasteiger partial charge on any atom is 0.252 e. The van der Waals surface area contributed by atoms with Gasteiger partial charge in [0.15, 0.2) is 0 Å². The summed E-state index contributed by atoms with van der Waals surface area (Å²) >= 11 is 0. The molecule has 0 unspecified atom stereocenters. The van der Waals surface area contributed by atoms with Crippen molar-refractivity contribution in [2.75, 3.05) is 14.1 Å². The van der Waals surface area contributed by atoms with Crippen LogP contribution in [0.25, 0.3) is 0 Å². The molecule has 0 aliphatic rings. The van der Waals surface area contributed by atoms with Gasteiger partial charge in [0.2, 0.25) is 0 Å². The van der Waals surface area contributed by atoms with E-state index >= 15 is 0 Å². The van der Waals surface area contributed by atoms with Crippen LogP contribution < -0.4 is 0 Å². The van der Waals surface area contributed by atoms with Crippen LogP contribution in [0.4, 0.5) is 0 Å². The molecular formula is C16H20N2O4S4. The van der Waals surface area contributed by atoms with Gasteiger partial charge in [-0.1, -0.05) is 35.4 Å². The molecule has 0 saturated heterocycles. The molecule has 0 bridgehead atoms. The first kappa shape index (κ1) is 21.3. The number of aryl methyl sites for hydroxylation is 2. The molecule has 2 aromatic carbocycles. The lowest BCUT2D eigenvalue weighted by atomic mass is 10.2. The van der Waals surface area contributed by atoms with Crippen LogP contribution in [0.5, 0.6) is 0 Å². The molecule has 0 aliphatic carbocycles. The summed E-state index contributed by atoms with van der Waals surface area (Å²) in [6.45, 7) is 3.74. The topological polar surface area (TPSA) is 74.8 Å². The van der Waals surface area contributed by atoms with Gasteiger partial charge in [0.25, 0.3) is 20.0 Å². The summed E-state index contributed by atoms with van der Waals surface area (Å²) in [7, 11) is -3.00. The van der Waals surface area contributed by atoms with Gasteiger partial charge in [-0.25, -0.2) is 16.8 Å². The van der Waals surface area contributed by atoms with Crippen molar-refractivity contribution in [1.29, 1.82) is 0 Å². The van der Waals surface area contributed by atoms with Crippen molar-refractivity contribution in [1.82, 2.24) is 7.42 Å². The van der Waals surface area contributed by atoms with E-state index in [2.05, 4.69) is 0 Å². The van der Waals surface area contributed by atoms with Gasteiger partial charge < -0.3 is 0 Å². The monoisotopic (exact) mass is 432 g/mol. The predicted molar refractivity (Wildman–Crippen MR) is 107 cm³/mol. The molecule has 10 heteroatoms. The Balaban J connectivity index is 2.09. The van der Waals surface area contributed by atoms with Crippen molar-refractivity contribution in [3.63, 3.8) is 0 Å². The number of sulfonamides is 2. The Kier molecular flexibility index (Phi) is 6.81. The Bertz CT molecular complexity index is 875. The van der Waals surface area contributed by atoms with E-state index in [-0.39, 0.29) is 9.79 Å². The highest BCUT2D eigenvalue weighted by molar-refractivity contribution is 8.76. The summed E-state index contributed by atoms with van der Waals surface area (Å²) in [4.78, 5) is 0.311. The Labute approximate surface area is 163 Å². The summed E-state index contributed by atoms with van der Waals surface area (Å²) in [6, 6.07) is 13.0. The van der Waals surface area contributed by atoms with E-state index < -0.39 is 20.0 Å². The highest BCUT2D eigenvalue weighted by Crippen LogP contribution is 2.35. The van der Waals surface area contributed by atoms with E-state index in [1.165, 1.54) is 38.4 Å². The molecule has 2 rings (SSSR count). The summed E-state index contributed by atoms with van der Waals surface area (Å²) in [5.41, 5.74) is 1.91. The first-order valence-electron chi connectivity index (χ1n) is 7.51. The quantitative estimate of drug-likeness (QED) is 0.493. The van der Waals surface area contributed by atoms with E-state index in [0.29, 0.717) is 0 Å². The molecule has 0 radical (unpaired) electrons. The van der Waals surface area contributed by atoms with Crippen molar-refractivity contribution >= 4 is 42.0 Å². The Hall–Kier alpha value is -1.04. The molecule has 0 spiro atoms. The molecule has 142 valence electrons. The van der Waals surface area contributed by atoms with Crippen LogP contribution in [0.1, 0.15) is 11.1 Å². The lowest BCUT2D eigenvalue weighted by molar-refractivity contribution is 0.562. The van der Waals surface area contributed by atoms with Gasteiger partial charge in [0.1, 0.15) is 0 Å². The average molecular weight is 433 g/mol.